The van der Waals surface area contributed by atoms with Crippen molar-refractivity contribution in [3.63, 3.8) is 0 Å². The van der Waals surface area contributed by atoms with E-state index in [1.165, 1.54) is 12.1 Å². The molecule has 1 unspecified atom stereocenters. The highest BCUT2D eigenvalue weighted by Gasteiger charge is 2.14. The van der Waals surface area contributed by atoms with Gasteiger partial charge >= 0.3 is 0 Å². The number of hydrogen-bond acceptors (Lipinski definition) is 5. The number of ether oxygens (including phenoxy) is 1. The van der Waals surface area contributed by atoms with Gasteiger partial charge in [-0.05, 0) is 6.07 Å². The van der Waals surface area contributed by atoms with Gasteiger partial charge in [0.25, 0.3) is 5.69 Å². The van der Waals surface area contributed by atoms with Crippen LogP contribution in [0.2, 0.25) is 0 Å². The van der Waals surface area contributed by atoms with Crippen molar-refractivity contribution in [1.82, 2.24) is 5.32 Å². The Bertz CT molecular complexity index is 436. The van der Waals surface area contributed by atoms with E-state index in [1.807, 2.05) is 0 Å². The zero-order valence-corrected chi connectivity index (χ0v) is 9.69. The number of benzene rings is 1. The highest BCUT2D eigenvalue weighted by molar-refractivity contribution is 5.51. The van der Waals surface area contributed by atoms with Gasteiger partial charge in [-0.2, -0.15) is 0 Å². The van der Waals surface area contributed by atoms with Crippen LogP contribution in [0.1, 0.15) is 0 Å². The number of halogens is 1. The normalized spacial score (nSPS) is 19.5. The SMILES string of the molecule is O=[N+]([O-])c1cc(F)cc(NCC2CNCCO2)c1. The van der Waals surface area contributed by atoms with E-state index in [0.29, 0.717) is 25.4 Å². The van der Waals surface area contributed by atoms with Gasteiger partial charge < -0.3 is 15.4 Å². The fraction of sp³-hybridized carbons (Fsp3) is 0.455. The average molecular weight is 255 g/mol. The minimum absolute atomic E-state index is 0.0129. The molecule has 7 heteroatoms. The summed E-state index contributed by atoms with van der Waals surface area (Å²) in [4.78, 5) is 9.97. The van der Waals surface area contributed by atoms with Gasteiger partial charge in [-0.15, -0.1) is 0 Å². The van der Waals surface area contributed by atoms with Crippen molar-refractivity contribution in [2.24, 2.45) is 0 Å². The first-order valence-corrected chi connectivity index (χ1v) is 5.66. The van der Waals surface area contributed by atoms with Gasteiger partial charge in [0.05, 0.1) is 23.7 Å². The molecule has 1 aliphatic rings. The highest BCUT2D eigenvalue weighted by atomic mass is 19.1. The molecule has 0 radical (unpaired) electrons. The molecule has 1 aliphatic heterocycles. The van der Waals surface area contributed by atoms with Crippen molar-refractivity contribution in [3.05, 3.63) is 34.1 Å². The predicted molar refractivity (Wildman–Crippen MR) is 64.2 cm³/mol. The Labute approximate surface area is 103 Å². The molecule has 1 aromatic rings. The molecule has 1 aromatic carbocycles. The number of nitro benzene ring substituents is 1. The third kappa shape index (κ3) is 3.38. The van der Waals surface area contributed by atoms with Crippen molar-refractivity contribution in [2.75, 3.05) is 31.6 Å². The average Bonchev–Trinajstić information content (AvgIpc) is 2.37. The van der Waals surface area contributed by atoms with Crippen molar-refractivity contribution in [3.8, 4) is 0 Å². The lowest BCUT2D eigenvalue weighted by Crippen LogP contribution is -2.42. The molecule has 0 aliphatic carbocycles. The Balaban J connectivity index is 1.97. The topological polar surface area (TPSA) is 76.4 Å². The number of anilines is 1. The van der Waals surface area contributed by atoms with E-state index in [9.17, 15) is 14.5 Å². The molecular formula is C11H14FN3O3. The molecule has 1 fully saturated rings. The van der Waals surface area contributed by atoms with E-state index in [1.54, 1.807) is 0 Å². The summed E-state index contributed by atoms with van der Waals surface area (Å²) >= 11 is 0. The molecule has 18 heavy (non-hydrogen) atoms. The van der Waals surface area contributed by atoms with Gasteiger partial charge in [0.2, 0.25) is 0 Å². The summed E-state index contributed by atoms with van der Waals surface area (Å²) in [5.74, 6) is -0.630. The van der Waals surface area contributed by atoms with Gasteiger partial charge in [-0.25, -0.2) is 4.39 Å². The molecule has 2 rings (SSSR count). The van der Waals surface area contributed by atoms with Crippen LogP contribution in [0.4, 0.5) is 15.8 Å². The van der Waals surface area contributed by atoms with Crippen LogP contribution in [0.3, 0.4) is 0 Å². The summed E-state index contributed by atoms with van der Waals surface area (Å²) in [5, 5.41) is 16.7. The van der Waals surface area contributed by atoms with Crippen LogP contribution in [0.5, 0.6) is 0 Å². The van der Waals surface area contributed by atoms with Crippen molar-refractivity contribution < 1.29 is 14.1 Å². The summed E-state index contributed by atoms with van der Waals surface area (Å²) in [7, 11) is 0. The van der Waals surface area contributed by atoms with E-state index >= 15 is 0 Å². The number of non-ortho nitro benzene ring substituents is 1. The number of hydrogen-bond donors (Lipinski definition) is 2. The van der Waals surface area contributed by atoms with E-state index < -0.39 is 10.7 Å². The minimum atomic E-state index is -0.630. The quantitative estimate of drug-likeness (QED) is 0.623. The number of nitrogens with one attached hydrogen (secondary N) is 2. The number of rotatable bonds is 4. The van der Waals surface area contributed by atoms with E-state index in [2.05, 4.69) is 10.6 Å². The standard InChI is InChI=1S/C11H14FN3O3/c12-8-3-9(5-10(4-8)15(16)17)14-7-11-6-13-1-2-18-11/h3-5,11,13-14H,1-2,6-7H2. The maximum atomic E-state index is 13.2. The van der Waals surface area contributed by atoms with Crippen LogP contribution in [-0.2, 0) is 4.74 Å². The van der Waals surface area contributed by atoms with E-state index in [-0.39, 0.29) is 11.8 Å². The summed E-state index contributed by atoms with van der Waals surface area (Å²) < 4.78 is 18.6. The Morgan fingerprint density at radius 3 is 3.06 bits per heavy atom. The second kappa shape index (κ2) is 5.74. The zero-order valence-electron chi connectivity index (χ0n) is 9.69. The molecule has 1 atom stereocenters. The molecule has 2 N–H and O–H groups in total. The van der Waals surface area contributed by atoms with Crippen LogP contribution < -0.4 is 10.6 Å². The third-order valence-electron chi connectivity index (χ3n) is 2.63. The lowest BCUT2D eigenvalue weighted by atomic mass is 10.2. The van der Waals surface area contributed by atoms with Gasteiger partial charge in [0.15, 0.2) is 0 Å². The molecule has 0 spiro atoms. The smallest absolute Gasteiger partial charge is 0.274 e. The fourth-order valence-electron chi connectivity index (χ4n) is 1.76. The fourth-order valence-corrected chi connectivity index (χ4v) is 1.76. The summed E-state index contributed by atoms with van der Waals surface area (Å²) in [6, 6.07) is 3.42. The van der Waals surface area contributed by atoms with Crippen LogP contribution >= 0.6 is 0 Å². The second-order valence-electron chi connectivity index (χ2n) is 4.03. The highest BCUT2D eigenvalue weighted by Crippen LogP contribution is 2.20. The zero-order chi connectivity index (χ0) is 13.0. The van der Waals surface area contributed by atoms with Gasteiger partial charge in [-0.3, -0.25) is 10.1 Å². The first kappa shape index (κ1) is 12.7. The maximum Gasteiger partial charge on any atom is 0.274 e. The van der Waals surface area contributed by atoms with Gasteiger partial charge in [-0.1, -0.05) is 0 Å². The number of nitro groups is 1. The Hall–Kier alpha value is -1.73. The molecule has 0 saturated carbocycles. The molecular weight excluding hydrogens is 241 g/mol. The second-order valence-corrected chi connectivity index (χ2v) is 4.03. The molecule has 98 valence electrons. The van der Waals surface area contributed by atoms with Crippen LogP contribution in [-0.4, -0.2) is 37.3 Å². The molecule has 0 bridgehead atoms. The molecule has 1 saturated heterocycles. The van der Waals surface area contributed by atoms with Gasteiger partial charge in [0, 0.05) is 31.4 Å². The Morgan fingerprint density at radius 1 is 1.56 bits per heavy atom. The molecule has 6 nitrogen and oxygen atoms in total. The van der Waals surface area contributed by atoms with Crippen molar-refractivity contribution in [2.45, 2.75) is 6.10 Å². The largest absolute Gasteiger partial charge is 0.382 e. The maximum absolute atomic E-state index is 13.2. The minimum Gasteiger partial charge on any atom is -0.382 e. The van der Waals surface area contributed by atoms with Crippen LogP contribution in [0.15, 0.2) is 18.2 Å². The lowest BCUT2D eigenvalue weighted by Gasteiger charge is -2.24. The first-order valence-electron chi connectivity index (χ1n) is 5.66. The number of morpholine rings is 1. The Morgan fingerprint density at radius 2 is 2.39 bits per heavy atom. The van der Waals surface area contributed by atoms with E-state index in [0.717, 1.165) is 12.6 Å². The molecule has 0 aromatic heterocycles. The third-order valence-corrected chi connectivity index (χ3v) is 2.63. The predicted octanol–water partition coefficient (Wildman–Crippen LogP) is 1.13. The summed E-state index contributed by atoms with van der Waals surface area (Å²) in [6.45, 7) is 2.65. The first-order chi connectivity index (χ1) is 8.65. The monoisotopic (exact) mass is 255 g/mol. The van der Waals surface area contributed by atoms with Gasteiger partial charge in [0.1, 0.15) is 5.82 Å². The summed E-state index contributed by atoms with van der Waals surface area (Å²) in [6.07, 6.45) is -0.0129. The molecule has 0 amide bonds. The van der Waals surface area contributed by atoms with Crippen molar-refractivity contribution >= 4 is 11.4 Å². The van der Waals surface area contributed by atoms with Crippen molar-refractivity contribution in [1.29, 1.82) is 0 Å². The molecule has 1 heterocycles. The van der Waals surface area contributed by atoms with Crippen LogP contribution in [0.25, 0.3) is 0 Å². The number of nitrogens with zero attached hydrogens (tertiary/aromatic N) is 1. The Kier molecular flexibility index (Phi) is 4.06. The van der Waals surface area contributed by atoms with E-state index in [4.69, 9.17) is 4.74 Å². The lowest BCUT2D eigenvalue weighted by molar-refractivity contribution is -0.385. The summed E-state index contributed by atoms with van der Waals surface area (Å²) in [5.41, 5.74) is 0.121. The van der Waals surface area contributed by atoms with Crippen LogP contribution in [0, 0.1) is 15.9 Å².